The number of carbonyl (C=O) groups is 1. The van der Waals surface area contributed by atoms with Crippen molar-refractivity contribution in [2.75, 3.05) is 7.11 Å². The van der Waals surface area contributed by atoms with Gasteiger partial charge in [0.15, 0.2) is 5.76 Å². The number of ether oxygens (including phenoxy) is 1. The topological polar surface area (TPSA) is 65.5 Å². The van der Waals surface area contributed by atoms with Crippen LogP contribution in [0, 0.1) is 0 Å². The van der Waals surface area contributed by atoms with Crippen LogP contribution in [-0.2, 0) is 13.0 Å². The van der Waals surface area contributed by atoms with E-state index in [0.717, 1.165) is 5.56 Å². The molecule has 0 unspecified atom stereocenters. The van der Waals surface area contributed by atoms with Crippen LogP contribution in [0.25, 0.3) is 0 Å². The number of ketones is 1. The molecule has 0 aliphatic carbocycles. The maximum Gasteiger partial charge on any atom is 0.202 e. The zero-order chi connectivity index (χ0) is 13.0. The number of hydrogen-bond acceptors (Lipinski definition) is 4. The zero-order valence-corrected chi connectivity index (χ0v) is 10.2. The summed E-state index contributed by atoms with van der Waals surface area (Å²) in [6.45, 7) is 0.294. The summed E-state index contributed by atoms with van der Waals surface area (Å²) in [6, 6.07) is 10.8. The second-order valence-electron chi connectivity index (χ2n) is 3.88. The monoisotopic (exact) mass is 245 g/mol. The van der Waals surface area contributed by atoms with E-state index in [4.69, 9.17) is 14.9 Å². The molecule has 0 aliphatic rings. The SMILES string of the molecule is COc1ccccc1CC(=O)c1ccc(CN)o1. The third kappa shape index (κ3) is 2.60. The minimum atomic E-state index is -0.0841. The zero-order valence-electron chi connectivity index (χ0n) is 10.2. The summed E-state index contributed by atoms with van der Waals surface area (Å²) in [6.07, 6.45) is 0.252. The summed E-state index contributed by atoms with van der Waals surface area (Å²) < 4.78 is 10.5. The summed E-state index contributed by atoms with van der Waals surface area (Å²) in [5.74, 6) is 1.57. The highest BCUT2D eigenvalue weighted by atomic mass is 16.5. The third-order valence-electron chi connectivity index (χ3n) is 2.68. The largest absolute Gasteiger partial charge is 0.496 e. The van der Waals surface area contributed by atoms with Crippen molar-refractivity contribution in [1.82, 2.24) is 0 Å². The lowest BCUT2D eigenvalue weighted by Crippen LogP contribution is -2.04. The van der Waals surface area contributed by atoms with Gasteiger partial charge in [-0.3, -0.25) is 4.79 Å². The van der Waals surface area contributed by atoms with Gasteiger partial charge in [0.1, 0.15) is 11.5 Å². The van der Waals surface area contributed by atoms with Gasteiger partial charge in [0.05, 0.1) is 13.7 Å². The van der Waals surface area contributed by atoms with E-state index >= 15 is 0 Å². The average Bonchev–Trinajstić information content (AvgIpc) is 2.88. The molecule has 2 N–H and O–H groups in total. The number of carbonyl (C=O) groups excluding carboxylic acids is 1. The van der Waals surface area contributed by atoms with E-state index < -0.39 is 0 Å². The number of furan rings is 1. The lowest BCUT2D eigenvalue weighted by atomic mass is 10.1. The summed E-state index contributed by atoms with van der Waals surface area (Å²) in [5.41, 5.74) is 6.28. The number of nitrogens with two attached hydrogens (primary N) is 1. The third-order valence-corrected chi connectivity index (χ3v) is 2.68. The van der Waals surface area contributed by atoms with Crippen LogP contribution in [0.1, 0.15) is 21.9 Å². The second-order valence-corrected chi connectivity index (χ2v) is 3.88. The normalized spacial score (nSPS) is 10.3. The molecule has 0 saturated heterocycles. The smallest absolute Gasteiger partial charge is 0.202 e. The van der Waals surface area contributed by atoms with Crippen LogP contribution in [0.15, 0.2) is 40.8 Å². The molecule has 0 atom stereocenters. The number of methoxy groups -OCH3 is 1. The fourth-order valence-corrected chi connectivity index (χ4v) is 1.75. The maximum absolute atomic E-state index is 12.0. The van der Waals surface area contributed by atoms with Crippen LogP contribution in [0.4, 0.5) is 0 Å². The molecule has 1 aromatic carbocycles. The van der Waals surface area contributed by atoms with Crippen molar-refractivity contribution >= 4 is 5.78 Å². The first-order valence-corrected chi connectivity index (χ1v) is 5.68. The molecule has 4 nitrogen and oxygen atoms in total. The predicted octanol–water partition coefficient (Wildman–Crippen LogP) is 2.17. The van der Waals surface area contributed by atoms with Gasteiger partial charge in [-0.15, -0.1) is 0 Å². The molecular formula is C14H15NO3. The summed E-state index contributed by atoms with van der Waals surface area (Å²) in [7, 11) is 1.59. The molecule has 0 amide bonds. The Labute approximate surface area is 105 Å². The number of para-hydroxylation sites is 1. The first-order chi connectivity index (χ1) is 8.74. The van der Waals surface area contributed by atoms with Crippen LogP contribution >= 0.6 is 0 Å². The average molecular weight is 245 g/mol. The molecule has 0 aliphatic heterocycles. The van der Waals surface area contributed by atoms with E-state index in [9.17, 15) is 4.79 Å². The van der Waals surface area contributed by atoms with Crippen LogP contribution < -0.4 is 10.5 Å². The van der Waals surface area contributed by atoms with Gasteiger partial charge < -0.3 is 14.9 Å². The molecule has 2 aromatic rings. The van der Waals surface area contributed by atoms with Gasteiger partial charge in [-0.05, 0) is 18.2 Å². The summed E-state index contributed by atoms with van der Waals surface area (Å²) in [4.78, 5) is 12.0. The molecular weight excluding hydrogens is 230 g/mol. The van der Waals surface area contributed by atoms with Crippen molar-refractivity contribution in [3.05, 3.63) is 53.5 Å². The molecule has 18 heavy (non-hydrogen) atoms. The fourth-order valence-electron chi connectivity index (χ4n) is 1.75. The highest BCUT2D eigenvalue weighted by molar-refractivity contribution is 5.95. The van der Waals surface area contributed by atoms with Crippen molar-refractivity contribution in [2.45, 2.75) is 13.0 Å². The molecule has 1 heterocycles. The van der Waals surface area contributed by atoms with Crippen LogP contribution in [0.3, 0.4) is 0 Å². The van der Waals surface area contributed by atoms with Crippen LogP contribution in [0.2, 0.25) is 0 Å². The Bertz CT molecular complexity index is 545. The minimum absolute atomic E-state index is 0.0841. The van der Waals surface area contributed by atoms with Crippen LogP contribution in [0.5, 0.6) is 5.75 Å². The second kappa shape index (κ2) is 5.51. The first-order valence-electron chi connectivity index (χ1n) is 5.68. The Morgan fingerprint density at radius 3 is 2.72 bits per heavy atom. The molecule has 2 rings (SSSR count). The highest BCUT2D eigenvalue weighted by Crippen LogP contribution is 2.20. The van der Waals surface area contributed by atoms with Crippen molar-refractivity contribution in [2.24, 2.45) is 5.73 Å². The molecule has 4 heteroatoms. The van der Waals surface area contributed by atoms with E-state index in [-0.39, 0.29) is 12.2 Å². The fraction of sp³-hybridized carbons (Fsp3) is 0.214. The molecule has 0 bridgehead atoms. The first kappa shape index (κ1) is 12.4. The van der Waals surface area contributed by atoms with E-state index in [1.165, 1.54) is 0 Å². The molecule has 94 valence electrons. The Morgan fingerprint density at radius 2 is 2.06 bits per heavy atom. The van der Waals surface area contributed by atoms with E-state index in [1.807, 2.05) is 24.3 Å². The van der Waals surface area contributed by atoms with Gasteiger partial charge in [0.25, 0.3) is 0 Å². The van der Waals surface area contributed by atoms with E-state index in [1.54, 1.807) is 19.2 Å². The predicted molar refractivity (Wildman–Crippen MR) is 67.6 cm³/mol. The van der Waals surface area contributed by atoms with Gasteiger partial charge in [0.2, 0.25) is 5.78 Å². The van der Waals surface area contributed by atoms with Crippen molar-refractivity contribution in [3.63, 3.8) is 0 Å². The van der Waals surface area contributed by atoms with Gasteiger partial charge >= 0.3 is 0 Å². The molecule has 1 aromatic heterocycles. The summed E-state index contributed by atoms with van der Waals surface area (Å²) >= 11 is 0. The van der Waals surface area contributed by atoms with Crippen molar-refractivity contribution < 1.29 is 13.9 Å². The molecule has 0 fully saturated rings. The summed E-state index contributed by atoms with van der Waals surface area (Å²) in [5, 5.41) is 0. The van der Waals surface area contributed by atoms with Crippen molar-refractivity contribution in [3.8, 4) is 5.75 Å². The number of Topliss-reactive ketones (excluding diaryl/α,β-unsaturated/α-hetero) is 1. The maximum atomic E-state index is 12.0. The number of benzene rings is 1. The number of hydrogen-bond donors (Lipinski definition) is 1. The minimum Gasteiger partial charge on any atom is -0.496 e. The number of rotatable bonds is 5. The Morgan fingerprint density at radius 1 is 1.28 bits per heavy atom. The quantitative estimate of drug-likeness (QED) is 0.820. The Hall–Kier alpha value is -2.07. The molecule has 0 spiro atoms. The lowest BCUT2D eigenvalue weighted by molar-refractivity contribution is 0.0964. The van der Waals surface area contributed by atoms with Gasteiger partial charge in [-0.1, -0.05) is 18.2 Å². The van der Waals surface area contributed by atoms with E-state index in [2.05, 4.69) is 0 Å². The molecule has 0 saturated carbocycles. The lowest BCUT2D eigenvalue weighted by Gasteiger charge is -2.06. The van der Waals surface area contributed by atoms with Crippen LogP contribution in [-0.4, -0.2) is 12.9 Å². The Balaban J connectivity index is 2.16. The standard InChI is InChI=1S/C14H15NO3/c1-17-13-5-3-2-4-10(13)8-12(16)14-7-6-11(9-15)18-14/h2-7H,8-9,15H2,1H3. The van der Waals surface area contributed by atoms with Gasteiger partial charge in [-0.25, -0.2) is 0 Å². The molecule has 0 radical (unpaired) electrons. The van der Waals surface area contributed by atoms with Gasteiger partial charge in [-0.2, -0.15) is 0 Å². The van der Waals surface area contributed by atoms with Crippen molar-refractivity contribution in [1.29, 1.82) is 0 Å². The van der Waals surface area contributed by atoms with E-state index in [0.29, 0.717) is 23.8 Å². The highest BCUT2D eigenvalue weighted by Gasteiger charge is 2.13. The van der Waals surface area contributed by atoms with Gasteiger partial charge in [0, 0.05) is 12.0 Å². The Kier molecular flexibility index (Phi) is 3.79.